The van der Waals surface area contributed by atoms with Crippen LogP contribution in [-0.2, 0) is 0 Å². The highest BCUT2D eigenvalue weighted by Crippen LogP contribution is 2.35. The maximum atomic E-state index is 6.29. The summed E-state index contributed by atoms with van der Waals surface area (Å²) in [5.41, 5.74) is 9.01. The van der Waals surface area contributed by atoms with Crippen LogP contribution in [0.4, 0.5) is 0 Å². The fourth-order valence-corrected chi connectivity index (χ4v) is 5.55. The molecule has 0 aliphatic carbocycles. The fraction of sp³-hybridized carbons (Fsp3) is 0. The summed E-state index contributed by atoms with van der Waals surface area (Å²) in [4.78, 5) is 14.9. The van der Waals surface area contributed by atoms with Crippen molar-refractivity contribution in [1.82, 2.24) is 15.0 Å². The summed E-state index contributed by atoms with van der Waals surface area (Å²) in [6.07, 6.45) is 0. The molecule has 2 heterocycles. The van der Waals surface area contributed by atoms with E-state index in [1.165, 1.54) is 0 Å². The molecule has 0 atom stereocenters. The van der Waals surface area contributed by atoms with Crippen LogP contribution in [0.5, 0.6) is 0 Å². The van der Waals surface area contributed by atoms with Gasteiger partial charge in [-0.3, -0.25) is 0 Å². The van der Waals surface area contributed by atoms with Gasteiger partial charge < -0.3 is 4.42 Å². The molecule has 4 nitrogen and oxygen atoms in total. The predicted octanol–water partition coefficient (Wildman–Crippen LogP) is 10.1. The first-order chi connectivity index (χ1) is 21.3. The van der Waals surface area contributed by atoms with E-state index in [0.29, 0.717) is 17.5 Å². The van der Waals surface area contributed by atoms with E-state index in [9.17, 15) is 0 Å². The smallest absolute Gasteiger partial charge is 0.164 e. The van der Waals surface area contributed by atoms with Gasteiger partial charge in [-0.05, 0) is 58.7 Å². The Balaban J connectivity index is 1.26. The number of benzene rings is 6. The molecule has 0 aliphatic heterocycles. The Kier molecular flexibility index (Phi) is 6.08. The molecule has 0 aliphatic rings. The van der Waals surface area contributed by atoms with Gasteiger partial charge in [0.25, 0.3) is 0 Å². The maximum absolute atomic E-state index is 6.29. The highest BCUT2D eigenvalue weighted by Gasteiger charge is 2.15. The lowest BCUT2D eigenvalue weighted by Crippen LogP contribution is -2.00. The largest absolute Gasteiger partial charge is 0.456 e. The molecular formula is C39H25N3O. The van der Waals surface area contributed by atoms with Crippen molar-refractivity contribution < 1.29 is 4.42 Å². The average molecular weight is 552 g/mol. The zero-order chi connectivity index (χ0) is 28.6. The standard InChI is InChI=1S/C39H25N3O/c1-4-11-26(12-5-1)29-17-10-18-31(23-29)38-40-37(28-15-8-3-9-16-28)41-39(42-38)32-20-22-35-34(24-32)33-21-19-30(25-36(33)43-35)27-13-6-2-7-14-27/h1-25H. The SMILES string of the molecule is c1ccc(-c2cccc(-c3nc(-c4ccccc4)nc(-c4ccc5oc6cc(-c7ccccc7)ccc6c5c4)n3)c2)cc1. The Bertz CT molecular complexity index is 2220. The number of nitrogens with zero attached hydrogens (tertiary/aromatic N) is 3. The number of fused-ring (bicyclic) bond motifs is 3. The molecule has 0 bridgehead atoms. The second-order valence-electron chi connectivity index (χ2n) is 10.5. The minimum atomic E-state index is 0.617. The minimum absolute atomic E-state index is 0.617. The molecule has 0 saturated heterocycles. The summed E-state index contributed by atoms with van der Waals surface area (Å²) in [5.74, 6) is 1.88. The molecule has 8 aromatic rings. The van der Waals surface area contributed by atoms with Gasteiger partial charge >= 0.3 is 0 Å². The van der Waals surface area contributed by atoms with E-state index in [1.54, 1.807) is 0 Å². The van der Waals surface area contributed by atoms with Crippen LogP contribution in [0.25, 0.3) is 78.4 Å². The lowest BCUT2D eigenvalue weighted by atomic mass is 10.0. The quantitative estimate of drug-likeness (QED) is 0.214. The fourth-order valence-electron chi connectivity index (χ4n) is 5.55. The monoisotopic (exact) mass is 551 g/mol. The Hall–Kier alpha value is -5.87. The minimum Gasteiger partial charge on any atom is -0.456 e. The second kappa shape index (κ2) is 10.5. The third kappa shape index (κ3) is 4.75. The second-order valence-corrected chi connectivity index (χ2v) is 10.5. The van der Waals surface area contributed by atoms with Gasteiger partial charge in [0.15, 0.2) is 17.5 Å². The maximum Gasteiger partial charge on any atom is 0.164 e. The zero-order valence-electron chi connectivity index (χ0n) is 23.2. The first kappa shape index (κ1) is 24.9. The molecule has 0 unspecified atom stereocenters. The normalized spacial score (nSPS) is 11.3. The van der Waals surface area contributed by atoms with Gasteiger partial charge in [0.05, 0.1) is 0 Å². The van der Waals surface area contributed by atoms with E-state index >= 15 is 0 Å². The molecule has 6 aromatic carbocycles. The van der Waals surface area contributed by atoms with E-state index in [0.717, 1.165) is 60.9 Å². The molecule has 0 saturated carbocycles. The van der Waals surface area contributed by atoms with Gasteiger partial charge in [-0.1, -0.05) is 115 Å². The molecule has 43 heavy (non-hydrogen) atoms. The predicted molar refractivity (Wildman–Crippen MR) is 174 cm³/mol. The summed E-state index contributed by atoms with van der Waals surface area (Å²) >= 11 is 0. The van der Waals surface area contributed by atoms with Crippen molar-refractivity contribution in [2.75, 3.05) is 0 Å². The van der Waals surface area contributed by atoms with E-state index in [-0.39, 0.29) is 0 Å². The number of hydrogen-bond acceptors (Lipinski definition) is 4. The van der Waals surface area contributed by atoms with Gasteiger partial charge in [0.2, 0.25) is 0 Å². The van der Waals surface area contributed by atoms with Crippen molar-refractivity contribution in [2.24, 2.45) is 0 Å². The molecule has 0 N–H and O–H groups in total. The van der Waals surface area contributed by atoms with Crippen molar-refractivity contribution in [3.63, 3.8) is 0 Å². The van der Waals surface area contributed by atoms with Gasteiger partial charge in [0, 0.05) is 27.5 Å². The molecule has 0 amide bonds. The van der Waals surface area contributed by atoms with Crippen LogP contribution >= 0.6 is 0 Å². The average Bonchev–Trinajstić information content (AvgIpc) is 3.46. The van der Waals surface area contributed by atoms with E-state index < -0.39 is 0 Å². The van der Waals surface area contributed by atoms with E-state index in [2.05, 4.69) is 97.1 Å². The van der Waals surface area contributed by atoms with E-state index in [1.807, 2.05) is 54.6 Å². The Morgan fingerprint density at radius 3 is 1.44 bits per heavy atom. The van der Waals surface area contributed by atoms with Crippen LogP contribution in [-0.4, -0.2) is 15.0 Å². The zero-order valence-corrected chi connectivity index (χ0v) is 23.2. The third-order valence-electron chi connectivity index (χ3n) is 7.73. The number of hydrogen-bond donors (Lipinski definition) is 0. The Labute approximate surface area is 249 Å². The van der Waals surface area contributed by atoms with Crippen molar-refractivity contribution in [1.29, 1.82) is 0 Å². The number of rotatable bonds is 5. The molecule has 2 aromatic heterocycles. The lowest BCUT2D eigenvalue weighted by molar-refractivity contribution is 0.669. The third-order valence-corrected chi connectivity index (χ3v) is 7.73. The molecule has 0 spiro atoms. The molecule has 202 valence electrons. The lowest BCUT2D eigenvalue weighted by Gasteiger charge is -2.10. The highest BCUT2D eigenvalue weighted by atomic mass is 16.3. The summed E-state index contributed by atoms with van der Waals surface area (Å²) < 4.78 is 6.29. The van der Waals surface area contributed by atoms with Gasteiger partial charge in [0.1, 0.15) is 11.2 Å². The Morgan fingerprint density at radius 1 is 0.302 bits per heavy atom. The Morgan fingerprint density at radius 2 is 0.791 bits per heavy atom. The van der Waals surface area contributed by atoms with Gasteiger partial charge in [-0.2, -0.15) is 0 Å². The first-order valence-electron chi connectivity index (χ1n) is 14.3. The van der Waals surface area contributed by atoms with Crippen molar-refractivity contribution in [3.05, 3.63) is 152 Å². The summed E-state index contributed by atoms with van der Waals surface area (Å²) in [5, 5.41) is 2.09. The first-order valence-corrected chi connectivity index (χ1v) is 14.3. The summed E-state index contributed by atoms with van der Waals surface area (Å²) in [7, 11) is 0. The summed E-state index contributed by atoms with van der Waals surface area (Å²) in [6, 6.07) is 51.7. The van der Waals surface area contributed by atoms with Crippen molar-refractivity contribution >= 4 is 21.9 Å². The van der Waals surface area contributed by atoms with Crippen LogP contribution in [0.1, 0.15) is 0 Å². The molecule has 8 rings (SSSR count). The number of aromatic nitrogens is 3. The molecule has 0 radical (unpaired) electrons. The van der Waals surface area contributed by atoms with Crippen LogP contribution in [0.15, 0.2) is 156 Å². The van der Waals surface area contributed by atoms with Crippen LogP contribution in [0, 0.1) is 0 Å². The molecule has 4 heteroatoms. The van der Waals surface area contributed by atoms with Crippen molar-refractivity contribution in [2.45, 2.75) is 0 Å². The van der Waals surface area contributed by atoms with Crippen molar-refractivity contribution in [3.8, 4) is 56.4 Å². The highest BCUT2D eigenvalue weighted by molar-refractivity contribution is 6.07. The van der Waals surface area contributed by atoms with Gasteiger partial charge in [-0.15, -0.1) is 0 Å². The van der Waals surface area contributed by atoms with Crippen LogP contribution < -0.4 is 0 Å². The number of furan rings is 1. The van der Waals surface area contributed by atoms with Gasteiger partial charge in [-0.25, -0.2) is 15.0 Å². The summed E-state index contributed by atoms with van der Waals surface area (Å²) in [6.45, 7) is 0. The topological polar surface area (TPSA) is 51.8 Å². The van der Waals surface area contributed by atoms with Crippen LogP contribution in [0.2, 0.25) is 0 Å². The van der Waals surface area contributed by atoms with Crippen LogP contribution in [0.3, 0.4) is 0 Å². The molecule has 0 fully saturated rings. The van der Waals surface area contributed by atoms with E-state index in [4.69, 9.17) is 19.4 Å². The molecular weight excluding hydrogens is 526 g/mol.